The van der Waals surface area contributed by atoms with Gasteiger partial charge >= 0.3 is 5.97 Å². The molecular formula is C25H26ClNO4S. The van der Waals surface area contributed by atoms with E-state index in [0.717, 1.165) is 27.8 Å². The zero-order valence-electron chi connectivity index (χ0n) is 18.7. The zero-order chi connectivity index (χ0) is 23.4. The first-order valence-corrected chi connectivity index (χ1v) is 11.6. The maximum absolute atomic E-state index is 12.9. The molecule has 5 nitrogen and oxygen atoms in total. The summed E-state index contributed by atoms with van der Waals surface area (Å²) in [6.07, 6.45) is -0.781. The third-order valence-electron chi connectivity index (χ3n) is 4.99. The van der Waals surface area contributed by atoms with Crippen LogP contribution in [0.25, 0.3) is 11.1 Å². The molecule has 0 saturated carbocycles. The molecule has 3 rings (SSSR count). The van der Waals surface area contributed by atoms with E-state index in [2.05, 4.69) is 11.4 Å². The molecular weight excluding hydrogens is 446 g/mol. The molecule has 2 aromatic carbocycles. The summed E-state index contributed by atoms with van der Waals surface area (Å²) in [6, 6.07) is 11.3. The third kappa shape index (κ3) is 5.31. The molecule has 0 aliphatic carbocycles. The molecule has 0 aliphatic heterocycles. The van der Waals surface area contributed by atoms with E-state index in [1.807, 2.05) is 38.3 Å². The second-order valence-electron chi connectivity index (χ2n) is 7.55. The highest BCUT2D eigenvalue weighted by molar-refractivity contribution is 7.15. The minimum Gasteiger partial charge on any atom is -0.481 e. The van der Waals surface area contributed by atoms with Gasteiger partial charge in [-0.05, 0) is 69.5 Å². The fourth-order valence-electron chi connectivity index (χ4n) is 3.37. The van der Waals surface area contributed by atoms with E-state index in [4.69, 9.17) is 21.1 Å². The van der Waals surface area contributed by atoms with Gasteiger partial charge in [-0.1, -0.05) is 35.4 Å². The number of rotatable bonds is 7. The molecule has 0 fully saturated rings. The Bertz CT molecular complexity index is 1150. The summed E-state index contributed by atoms with van der Waals surface area (Å²) in [4.78, 5) is 25.7. The molecule has 7 heteroatoms. The van der Waals surface area contributed by atoms with E-state index in [9.17, 15) is 9.59 Å². The molecule has 168 valence electrons. The van der Waals surface area contributed by atoms with Crippen LogP contribution in [0.4, 0.5) is 5.00 Å². The number of thiophene rings is 1. The first-order chi connectivity index (χ1) is 15.2. The second-order valence-corrected chi connectivity index (χ2v) is 8.87. The smallest absolute Gasteiger partial charge is 0.341 e. The lowest BCUT2D eigenvalue weighted by Gasteiger charge is -2.16. The predicted molar refractivity (Wildman–Crippen MR) is 130 cm³/mol. The number of carbonyl (C=O) groups excluding carboxylic acids is 2. The van der Waals surface area contributed by atoms with Crippen molar-refractivity contribution in [1.82, 2.24) is 0 Å². The quantitative estimate of drug-likeness (QED) is 0.395. The maximum atomic E-state index is 12.9. The first-order valence-electron chi connectivity index (χ1n) is 10.3. The largest absolute Gasteiger partial charge is 0.481 e. The summed E-state index contributed by atoms with van der Waals surface area (Å²) in [7, 11) is 0. The minimum absolute atomic E-state index is 0.240. The maximum Gasteiger partial charge on any atom is 0.341 e. The molecule has 0 bridgehead atoms. The number of carbonyl (C=O) groups is 2. The van der Waals surface area contributed by atoms with Crippen molar-refractivity contribution in [2.75, 3.05) is 11.9 Å². The predicted octanol–water partition coefficient (Wildman–Crippen LogP) is 6.58. The number of amides is 1. The first kappa shape index (κ1) is 23.8. The van der Waals surface area contributed by atoms with E-state index in [1.54, 1.807) is 32.0 Å². The lowest BCUT2D eigenvalue weighted by molar-refractivity contribution is -0.122. The Labute approximate surface area is 197 Å². The van der Waals surface area contributed by atoms with Crippen LogP contribution in [0, 0.1) is 20.8 Å². The molecule has 0 saturated heterocycles. The summed E-state index contributed by atoms with van der Waals surface area (Å²) in [5.41, 5.74) is 5.03. The fourth-order valence-corrected chi connectivity index (χ4v) is 4.55. The number of esters is 1. The monoisotopic (exact) mass is 471 g/mol. The molecule has 0 radical (unpaired) electrons. The Balaban J connectivity index is 1.89. The van der Waals surface area contributed by atoms with Crippen molar-refractivity contribution in [2.45, 2.75) is 40.7 Å². The number of halogens is 1. The summed E-state index contributed by atoms with van der Waals surface area (Å²) < 4.78 is 11.1. The van der Waals surface area contributed by atoms with E-state index >= 15 is 0 Å². The van der Waals surface area contributed by atoms with Crippen LogP contribution in [-0.4, -0.2) is 24.6 Å². The molecule has 1 atom stereocenters. The average Bonchev–Trinajstić information content (AvgIpc) is 3.13. The van der Waals surface area contributed by atoms with Gasteiger partial charge in [-0.3, -0.25) is 4.79 Å². The number of hydrogen-bond acceptors (Lipinski definition) is 5. The van der Waals surface area contributed by atoms with Crippen LogP contribution in [0.2, 0.25) is 5.02 Å². The topological polar surface area (TPSA) is 64.6 Å². The average molecular weight is 472 g/mol. The molecule has 1 N–H and O–H groups in total. The van der Waals surface area contributed by atoms with E-state index in [1.165, 1.54) is 11.3 Å². The highest BCUT2D eigenvalue weighted by Crippen LogP contribution is 2.38. The zero-order valence-corrected chi connectivity index (χ0v) is 20.3. The number of aryl methyl sites for hydroxylation is 3. The van der Waals surface area contributed by atoms with Crippen LogP contribution in [-0.2, 0) is 9.53 Å². The van der Waals surface area contributed by atoms with E-state index in [0.29, 0.717) is 21.3 Å². The third-order valence-corrected chi connectivity index (χ3v) is 6.12. The van der Waals surface area contributed by atoms with Crippen LogP contribution in [0.5, 0.6) is 5.75 Å². The normalized spacial score (nSPS) is 11.7. The standard InChI is InChI=1S/C25H26ClNO4S/c1-6-30-25(29)22-20(19-9-7-14(2)11-15(19)3)13-32-24(22)27-23(28)17(5)31-21-10-8-18(26)12-16(21)4/h7-13,17H,6H2,1-5H3,(H,27,28). The van der Waals surface area contributed by atoms with Crippen molar-refractivity contribution in [2.24, 2.45) is 0 Å². The van der Waals surface area contributed by atoms with Crippen molar-refractivity contribution in [1.29, 1.82) is 0 Å². The van der Waals surface area contributed by atoms with Gasteiger partial charge in [0.1, 0.15) is 16.3 Å². The van der Waals surface area contributed by atoms with Crippen molar-refractivity contribution >= 4 is 39.8 Å². The second kappa shape index (κ2) is 10.2. The van der Waals surface area contributed by atoms with Crippen molar-refractivity contribution in [3.63, 3.8) is 0 Å². The van der Waals surface area contributed by atoms with E-state index < -0.39 is 12.1 Å². The van der Waals surface area contributed by atoms with Gasteiger partial charge in [-0.25, -0.2) is 4.79 Å². The van der Waals surface area contributed by atoms with Crippen LogP contribution in [0.15, 0.2) is 41.8 Å². The van der Waals surface area contributed by atoms with Crippen LogP contribution in [0.1, 0.15) is 40.9 Å². The van der Waals surface area contributed by atoms with Gasteiger partial charge in [0.2, 0.25) is 0 Å². The lowest BCUT2D eigenvalue weighted by Crippen LogP contribution is -2.30. The number of benzene rings is 2. The SMILES string of the molecule is CCOC(=O)c1c(-c2ccc(C)cc2C)csc1NC(=O)C(C)Oc1ccc(Cl)cc1C. The number of hydrogen-bond donors (Lipinski definition) is 1. The fraction of sp³-hybridized carbons (Fsp3) is 0.280. The van der Waals surface area contributed by atoms with Crippen molar-refractivity contribution in [3.05, 3.63) is 69.1 Å². The lowest BCUT2D eigenvalue weighted by atomic mass is 9.97. The number of ether oxygens (including phenoxy) is 2. The Morgan fingerprint density at radius 1 is 1.06 bits per heavy atom. The van der Waals surface area contributed by atoms with Crippen molar-refractivity contribution in [3.8, 4) is 16.9 Å². The van der Waals surface area contributed by atoms with Gasteiger partial charge in [0.25, 0.3) is 5.91 Å². The van der Waals surface area contributed by atoms with Gasteiger partial charge in [-0.15, -0.1) is 11.3 Å². The van der Waals surface area contributed by atoms with Crippen LogP contribution >= 0.6 is 22.9 Å². The Kier molecular flexibility index (Phi) is 7.59. The highest BCUT2D eigenvalue weighted by Gasteiger charge is 2.25. The summed E-state index contributed by atoms with van der Waals surface area (Å²) in [5.74, 6) is -0.259. The highest BCUT2D eigenvalue weighted by atomic mass is 35.5. The number of anilines is 1. The van der Waals surface area contributed by atoms with Gasteiger partial charge in [-0.2, -0.15) is 0 Å². The molecule has 1 heterocycles. The summed E-state index contributed by atoms with van der Waals surface area (Å²) >= 11 is 7.28. The molecule has 0 aliphatic rings. The molecule has 1 unspecified atom stereocenters. The summed E-state index contributed by atoms with van der Waals surface area (Å²) in [5, 5.41) is 5.76. The molecule has 0 spiro atoms. The minimum atomic E-state index is -0.781. The molecule has 3 aromatic rings. The Morgan fingerprint density at radius 3 is 2.47 bits per heavy atom. The van der Waals surface area contributed by atoms with Gasteiger partial charge in [0.15, 0.2) is 6.10 Å². The molecule has 1 amide bonds. The van der Waals surface area contributed by atoms with E-state index in [-0.39, 0.29) is 12.5 Å². The Morgan fingerprint density at radius 2 is 1.81 bits per heavy atom. The van der Waals surface area contributed by atoms with Crippen LogP contribution < -0.4 is 10.1 Å². The van der Waals surface area contributed by atoms with Gasteiger partial charge < -0.3 is 14.8 Å². The van der Waals surface area contributed by atoms with Gasteiger partial charge in [0.05, 0.1) is 6.61 Å². The summed E-state index contributed by atoms with van der Waals surface area (Å²) in [6.45, 7) is 9.53. The molecule has 1 aromatic heterocycles. The molecule has 32 heavy (non-hydrogen) atoms. The van der Waals surface area contributed by atoms with Crippen LogP contribution in [0.3, 0.4) is 0 Å². The Hall–Kier alpha value is -2.83. The van der Waals surface area contributed by atoms with Crippen molar-refractivity contribution < 1.29 is 19.1 Å². The number of nitrogens with one attached hydrogen (secondary N) is 1. The van der Waals surface area contributed by atoms with Gasteiger partial charge in [0, 0.05) is 16.0 Å².